The van der Waals surface area contributed by atoms with E-state index in [9.17, 15) is 4.79 Å². The SMILES string of the molecule is CC[C@H](CC(=O)c1cccc(OC)c1)c1ccccc1Cl. The van der Waals surface area contributed by atoms with Crippen molar-refractivity contribution in [3.05, 3.63) is 64.7 Å². The molecule has 0 saturated heterocycles. The molecule has 0 aliphatic carbocycles. The molecule has 0 amide bonds. The summed E-state index contributed by atoms with van der Waals surface area (Å²) < 4.78 is 5.17. The Morgan fingerprint density at radius 2 is 1.95 bits per heavy atom. The third-order valence-electron chi connectivity index (χ3n) is 3.66. The van der Waals surface area contributed by atoms with E-state index in [0.717, 1.165) is 17.0 Å². The lowest BCUT2D eigenvalue weighted by Gasteiger charge is -2.16. The molecule has 21 heavy (non-hydrogen) atoms. The van der Waals surface area contributed by atoms with Gasteiger partial charge in [-0.25, -0.2) is 0 Å². The molecule has 0 aliphatic rings. The number of hydrogen-bond acceptors (Lipinski definition) is 2. The lowest BCUT2D eigenvalue weighted by molar-refractivity contribution is 0.0972. The fourth-order valence-electron chi connectivity index (χ4n) is 2.42. The van der Waals surface area contributed by atoms with Crippen molar-refractivity contribution in [2.75, 3.05) is 7.11 Å². The van der Waals surface area contributed by atoms with Gasteiger partial charge in [-0.2, -0.15) is 0 Å². The fourth-order valence-corrected chi connectivity index (χ4v) is 2.71. The monoisotopic (exact) mass is 302 g/mol. The van der Waals surface area contributed by atoms with Gasteiger partial charge in [0.2, 0.25) is 0 Å². The van der Waals surface area contributed by atoms with Crippen molar-refractivity contribution in [2.45, 2.75) is 25.7 Å². The van der Waals surface area contributed by atoms with Crippen LogP contribution >= 0.6 is 11.6 Å². The molecule has 2 aromatic rings. The van der Waals surface area contributed by atoms with Crippen LogP contribution in [0, 0.1) is 0 Å². The van der Waals surface area contributed by atoms with Crippen molar-refractivity contribution in [2.24, 2.45) is 0 Å². The van der Waals surface area contributed by atoms with E-state index in [1.807, 2.05) is 42.5 Å². The summed E-state index contributed by atoms with van der Waals surface area (Å²) in [4.78, 5) is 12.5. The zero-order valence-corrected chi connectivity index (χ0v) is 13.1. The van der Waals surface area contributed by atoms with Crippen molar-refractivity contribution < 1.29 is 9.53 Å². The van der Waals surface area contributed by atoms with Gasteiger partial charge in [0, 0.05) is 17.0 Å². The summed E-state index contributed by atoms with van der Waals surface area (Å²) in [7, 11) is 1.60. The Hall–Kier alpha value is -1.80. The molecule has 0 aliphatic heterocycles. The molecule has 2 nitrogen and oxygen atoms in total. The minimum Gasteiger partial charge on any atom is -0.497 e. The average Bonchev–Trinajstić information content (AvgIpc) is 2.53. The molecule has 0 heterocycles. The van der Waals surface area contributed by atoms with Gasteiger partial charge in [0.1, 0.15) is 5.75 Å². The number of hydrogen-bond donors (Lipinski definition) is 0. The number of Topliss-reactive ketones (excluding diaryl/α,β-unsaturated/α-hetero) is 1. The predicted octanol–water partition coefficient (Wildman–Crippen LogP) is 5.12. The normalized spacial score (nSPS) is 12.0. The summed E-state index contributed by atoms with van der Waals surface area (Å²) >= 11 is 6.24. The van der Waals surface area contributed by atoms with Crippen molar-refractivity contribution >= 4 is 17.4 Å². The summed E-state index contributed by atoms with van der Waals surface area (Å²) in [5.74, 6) is 0.949. The van der Waals surface area contributed by atoms with E-state index in [0.29, 0.717) is 17.7 Å². The quantitative estimate of drug-likeness (QED) is 0.693. The smallest absolute Gasteiger partial charge is 0.163 e. The van der Waals surface area contributed by atoms with Crippen LogP contribution < -0.4 is 4.74 Å². The summed E-state index contributed by atoms with van der Waals surface area (Å²) in [6, 6.07) is 15.0. The Morgan fingerprint density at radius 3 is 2.62 bits per heavy atom. The Labute approximate surface area is 130 Å². The highest BCUT2D eigenvalue weighted by molar-refractivity contribution is 6.31. The molecular weight excluding hydrogens is 284 g/mol. The third-order valence-corrected chi connectivity index (χ3v) is 4.01. The molecule has 2 rings (SSSR count). The van der Waals surface area contributed by atoms with Gasteiger partial charge in [0.25, 0.3) is 0 Å². The maximum Gasteiger partial charge on any atom is 0.163 e. The zero-order chi connectivity index (χ0) is 15.2. The van der Waals surface area contributed by atoms with Crippen LogP contribution in [0.4, 0.5) is 0 Å². The standard InChI is InChI=1S/C18H19ClO2/c1-3-13(16-9-4-5-10-17(16)19)12-18(20)14-7-6-8-15(11-14)21-2/h4-11,13H,3,12H2,1-2H3/t13-/m1/s1. The van der Waals surface area contributed by atoms with Crippen molar-refractivity contribution in [1.82, 2.24) is 0 Å². The Kier molecular flexibility index (Phi) is 5.40. The van der Waals surface area contributed by atoms with E-state index in [1.54, 1.807) is 13.2 Å². The van der Waals surface area contributed by atoms with E-state index >= 15 is 0 Å². The van der Waals surface area contributed by atoms with Crippen LogP contribution in [-0.4, -0.2) is 12.9 Å². The second-order valence-corrected chi connectivity index (χ2v) is 5.39. The Morgan fingerprint density at radius 1 is 1.19 bits per heavy atom. The molecule has 0 aromatic heterocycles. The summed E-state index contributed by atoms with van der Waals surface area (Å²) in [6.07, 6.45) is 1.33. The second kappa shape index (κ2) is 7.28. The van der Waals surface area contributed by atoms with Crippen molar-refractivity contribution in [1.29, 1.82) is 0 Å². The summed E-state index contributed by atoms with van der Waals surface area (Å²) in [6.45, 7) is 2.08. The first-order valence-corrected chi connectivity index (χ1v) is 7.45. The van der Waals surface area contributed by atoms with Gasteiger partial charge in [0.05, 0.1) is 7.11 Å². The van der Waals surface area contributed by atoms with Crippen LogP contribution in [0.2, 0.25) is 5.02 Å². The molecule has 0 saturated carbocycles. The first kappa shape index (κ1) is 15.6. The number of rotatable bonds is 6. The van der Waals surface area contributed by atoms with E-state index in [-0.39, 0.29) is 11.7 Å². The largest absolute Gasteiger partial charge is 0.497 e. The molecule has 0 fully saturated rings. The molecule has 0 bridgehead atoms. The number of carbonyl (C=O) groups is 1. The molecule has 3 heteroatoms. The van der Waals surface area contributed by atoms with Gasteiger partial charge in [-0.15, -0.1) is 0 Å². The minimum atomic E-state index is 0.112. The van der Waals surface area contributed by atoms with Crippen molar-refractivity contribution in [3.63, 3.8) is 0 Å². The van der Waals surface area contributed by atoms with E-state index in [2.05, 4.69) is 6.92 Å². The fraction of sp³-hybridized carbons (Fsp3) is 0.278. The van der Waals surface area contributed by atoms with Crippen molar-refractivity contribution in [3.8, 4) is 5.75 Å². The van der Waals surface area contributed by atoms with Crippen LogP contribution in [0.1, 0.15) is 41.6 Å². The zero-order valence-electron chi connectivity index (χ0n) is 12.3. The maximum absolute atomic E-state index is 12.5. The molecule has 0 unspecified atom stereocenters. The molecule has 1 atom stereocenters. The van der Waals surface area contributed by atoms with Crippen LogP contribution in [0.15, 0.2) is 48.5 Å². The maximum atomic E-state index is 12.5. The number of methoxy groups -OCH3 is 1. The van der Waals surface area contributed by atoms with E-state index < -0.39 is 0 Å². The Bertz CT molecular complexity index is 622. The highest BCUT2D eigenvalue weighted by Gasteiger charge is 2.18. The van der Waals surface area contributed by atoms with Gasteiger partial charge in [0.15, 0.2) is 5.78 Å². The predicted molar refractivity (Wildman–Crippen MR) is 86.4 cm³/mol. The van der Waals surface area contributed by atoms with Gasteiger partial charge in [-0.1, -0.05) is 48.9 Å². The van der Waals surface area contributed by atoms with Crippen LogP contribution in [-0.2, 0) is 0 Å². The summed E-state index contributed by atoms with van der Waals surface area (Å²) in [5, 5.41) is 0.725. The van der Waals surface area contributed by atoms with E-state index in [1.165, 1.54) is 0 Å². The summed E-state index contributed by atoms with van der Waals surface area (Å²) in [5.41, 5.74) is 1.72. The number of carbonyl (C=O) groups excluding carboxylic acids is 1. The molecule has 110 valence electrons. The molecule has 0 radical (unpaired) electrons. The number of ether oxygens (including phenoxy) is 1. The first-order valence-electron chi connectivity index (χ1n) is 7.07. The highest BCUT2D eigenvalue weighted by Crippen LogP contribution is 2.30. The lowest BCUT2D eigenvalue weighted by atomic mass is 9.89. The number of halogens is 1. The second-order valence-electron chi connectivity index (χ2n) is 4.99. The van der Waals surface area contributed by atoms with Gasteiger partial charge < -0.3 is 4.74 Å². The van der Waals surface area contributed by atoms with Gasteiger partial charge >= 0.3 is 0 Å². The minimum absolute atomic E-state index is 0.112. The molecular formula is C18H19ClO2. The topological polar surface area (TPSA) is 26.3 Å². The van der Waals surface area contributed by atoms with Crippen LogP contribution in [0.5, 0.6) is 5.75 Å². The number of ketones is 1. The van der Waals surface area contributed by atoms with Gasteiger partial charge in [-0.3, -0.25) is 4.79 Å². The average molecular weight is 303 g/mol. The first-order chi connectivity index (χ1) is 10.2. The van der Waals surface area contributed by atoms with Crippen LogP contribution in [0.25, 0.3) is 0 Å². The molecule has 2 aromatic carbocycles. The van der Waals surface area contributed by atoms with Gasteiger partial charge in [-0.05, 0) is 36.1 Å². The molecule has 0 spiro atoms. The molecule has 0 N–H and O–H groups in total. The van der Waals surface area contributed by atoms with E-state index in [4.69, 9.17) is 16.3 Å². The Balaban J connectivity index is 2.18. The van der Waals surface area contributed by atoms with Crippen LogP contribution in [0.3, 0.4) is 0 Å². The highest BCUT2D eigenvalue weighted by atomic mass is 35.5. The number of benzene rings is 2. The third kappa shape index (κ3) is 3.85. The lowest BCUT2D eigenvalue weighted by Crippen LogP contribution is -2.07.